The van der Waals surface area contributed by atoms with E-state index in [1.807, 2.05) is 0 Å². The highest BCUT2D eigenvalue weighted by Gasteiger charge is 2.21. The van der Waals surface area contributed by atoms with Crippen LogP contribution >= 0.6 is 11.6 Å². The number of aromatic nitrogens is 4. The molecule has 0 spiro atoms. The highest BCUT2D eigenvalue weighted by Crippen LogP contribution is 2.35. The topological polar surface area (TPSA) is 66.9 Å². The molecule has 0 atom stereocenters. The van der Waals surface area contributed by atoms with Gasteiger partial charge < -0.3 is 14.6 Å². The van der Waals surface area contributed by atoms with E-state index in [0.29, 0.717) is 30.0 Å². The van der Waals surface area contributed by atoms with Gasteiger partial charge in [-0.15, -0.1) is 0 Å². The Bertz CT molecular complexity index is 862. The number of H-pyrrole nitrogens is 1. The summed E-state index contributed by atoms with van der Waals surface area (Å²) in [4.78, 5) is 17.6. The molecule has 0 amide bonds. The summed E-state index contributed by atoms with van der Waals surface area (Å²) in [5.41, 5.74) is 1.70. The van der Waals surface area contributed by atoms with E-state index in [1.54, 1.807) is 6.20 Å². The fraction of sp³-hybridized carbons (Fsp3) is 0.267. The van der Waals surface area contributed by atoms with Crippen molar-refractivity contribution in [2.45, 2.75) is 0 Å². The van der Waals surface area contributed by atoms with E-state index in [-0.39, 0.29) is 5.15 Å². The van der Waals surface area contributed by atoms with Crippen molar-refractivity contribution in [3.63, 3.8) is 0 Å². The van der Waals surface area contributed by atoms with Gasteiger partial charge in [0.15, 0.2) is 0 Å². The monoisotopic (exact) mass is 333 g/mol. The summed E-state index contributed by atoms with van der Waals surface area (Å²) in [5.74, 6) is 0.328. The van der Waals surface area contributed by atoms with E-state index in [9.17, 15) is 4.39 Å². The standard InChI is InChI=1S/C15H13ClFN5O/c16-12-5-9(11(17)7-18-12)10-6-19-14-13(10)15(21-8-20-14)22-1-3-23-4-2-22/h5-8H,1-4H2,(H,19,20,21). The average molecular weight is 334 g/mol. The van der Waals surface area contributed by atoms with Crippen molar-refractivity contribution in [1.82, 2.24) is 19.9 Å². The number of morpholine rings is 1. The molecule has 4 heterocycles. The number of pyridine rings is 1. The third-order valence-electron chi connectivity index (χ3n) is 3.87. The first-order valence-electron chi connectivity index (χ1n) is 7.20. The van der Waals surface area contributed by atoms with Crippen molar-refractivity contribution in [3.8, 4) is 11.1 Å². The Kier molecular flexibility index (Phi) is 3.59. The van der Waals surface area contributed by atoms with Crippen LogP contribution in [0.25, 0.3) is 22.2 Å². The lowest BCUT2D eigenvalue weighted by Gasteiger charge is -2.28. The molecule has 1 aliphatic heterocycles. The molecule has 3 aromatic heterocycles. The molecule has 1 N–H and O–H groups in total. The predicted octanol–water partition coefficient (Wildman–Crippen LogP) is 2.65. The Hall–Kier alpha value is -2.25. The van der Waals surface area contributed by atoms with Gasteiger partial charge in [-0.25, -0.2) is 19.3 Å². The number of rotatable bonds is 2. The zero-order chi connectivity index (χ0) is 15.8. The molecule has 0 radical (unpaired) electrons. The van der Waals surface area contributed by atoms with E-state index < -0.39 is 5.82 Å². The number of ether oxygens (including phenoxy) is 1. The summed E-state index contributed by atoms with van der Waals surface area (Å²) < 4.78 is 19.6. The second-order valence-corrected chi connectivity index (χ2v) is 5.60. The second-order valence-electron chi connectivity index (χ2n) is 5.21. The molecular weight excluding hydrogens is 321 g/mol. The lowest BCUT2D eigenvalue weighted by atomic mass is 10.1. The maximum absolute atomic E-state index is 14.2. The molecule has 1 aliphatic rings. The Morgan fingerprint density at radius 1 is 1.17 bits per heavy atom. The van der Waals surface area contributed by atoms with E-state index >= 15 is 0 Å². The molecule has 8 heteroatoms. The highest BCUT2D eigenvalue weighted by molar-refractivity contribution is 6.29. The highest BCUT2D eigenvalue weighted by atomic mass is 35.5. The zero-order valence-corrected chi connectivity index (χ0v) is 12.8. The van der Waals surface area contributed by atoms with Crippen molar-refractivity contribution in [2.24, 2.45) is 0 Å². The van der Waals surface area contributed by atoms with E-state index in [1.165, 1.54) is 12.4 Å². The minimum Gasteiger partial charge on any atom is -0.378 e. The van der Waals surface area contributed by atoms with Crippen LogP contribution in [0.5, 0.6) is 0 Å². The summed E-state index contributed by atoms with van der Waals surface area (Å²) in [6.07, 6.45) is 4.34. The summed E-state index contributed by atoms with van der Waals surface area (Å²) in [6.45, 7) is 2.74. The first kappa shape index (κ1) is 14.3. The fourth-order valence-corrected chi connectivity index (χ4v) is 2.95. The van der Waals surface area contributed by atoms with Gasteiger partial charge in [0.25, 0.3) is 0 Å². The number of anilines is 1. The summed E-state index contributed by atoms with van der Waals surface area (Å²) in [6, 6.07) is 1.51. The van der Waals surface area contributed by atoms with Crippen molar-refractivity contribution in [2.75, 3.05) is 31.2 Å². The third-order valence-corrected chi connectivity index (χ3v) is 4.08. The number of aromatic amines is 1. The molecule has 0 unspecified atom stereocenters. The third kappa shape index (κ3) is 2.51. The molecule has 4 rings (SSSR count). The molecule has 0 aliphatic carbocycles. The number of nitrogens with zero attached hydrogens (tertiary/aromatic N) is 4. The largest absolute Gasteiger partial charge is 0.378 e. The van der Waals surface area contributed by atoms with Gasteiger partial charge >= 0.3 is 0 Å². The Balaban J connectivity index is 1.92. The van der Waals surface area contributed by atoms with E-state index in [4.69, 9.17) is 16.3 Å². The van der Waals surface area contributed by atoms with Crippen molar-refractivity contribution in [1.29, 1.82) is 0 Å². The first-order valence-corrected chi connectivity index (χ1v) is 7.58. The summed E-state index contributed by atoms with van der Waals surface area (Å²) in [5, 5.41) is 1.01. The minimum absolute atomic E-state index is 0.237. The van der Waals surface area contributed by atoms with Crippen LogP contribution in [0.3, 0.4) is 0 Å². The second kappa shape index (κ2) is 5.75. The summed E-state index contributed by atoms with van der Waals surface area (Å²) in [7, 11) is 0. The smallest absolute Gasteiger partial charge is 0.149 e. The zero-order valence-electron chi connectivity index (χ0n) is 12.1. The van der Waals surface area contributed by atoms with Crippen molar-refractivity contribution < 1.29 is 9.13 Å². The molecule has 0 saturated carbocycles. The van der Waals surface area contributed by atoms with Crippen LogP contribution in [0.2, 0.25) is 5.15 Å². The average Bonchev–Trinajstić information content (AvgIpc) is 3.02. The van der Waals surface area contributed by atoms with Crippen LogP contribution in [0.15, 0.2) is 24.8 Å². The summed E-state index contributed by atoms with van der Waals surface area (Å²) >= 11 is 5.93. The molecule has 1 fully saturated rings. The minimum atomic E-state index is -0.438. The van der Waals surface area contributed by atoms with Gasteiger partial charge in [0.2, 0.25) is 0 Å². The van der Waals surface area contributed by atoms with Crippen LogP contribution in [0.1, 0.15) is 0 Å². The van der Waals surface area contributed by atoms with Gasteiger partial charge in [0, 0.05) is 30.4 Å². The van der Waals surface area contributed by atoms with Crippen LogP contribution in [-0.2, 0) is 4.74 Å². The maximum Gasteiger partial charge on any atom is 0.149 e. The molecule has 0 bridgehead atoms. The molecule has 1 saturated heterocycles. The molecule has 0 aromatic carbocycles. The van der Waals surface area contributed by atoms with Crippen LogP contribution < -0.4 is 4.90 Å². The van der Waals surface area contributed by atoms with Gasteiger partial charge in [-0.2, -0.15) is 0 Å². The van der Waals surface area contributed by atoms with Gasteiger partial charge in [0.05, 0.1) is 24.8 Å². The van der Waals surface area contributed by atoms with E-state index in [0.717, 1.165) is 30.5 Å². The van der Waals surface area contributed by atoms with Gasteiger partial charge in [-0.3, -0.25) is 0 Å². The SMILES string of the molecule is Fc1cnc(Cl)cc1-c1c[nH]c2ncnc(N3CCOCC3)c12. The van der Waals surface area contributed by atoms with Crippen molar-refractivity contribution in [3.05, 3.63) is 35.8 Å². The fourth-order valence-electron chi connectivity index (χ4n) is 2.79. The van der Waals surface area contributed by atoms with Crippen LogP contribution in [0, 0.1) is 5.82 Å². The predicted molar refractivity (Wildman–Crippen MR) is 85.1 cm³/mol. The quantitative estimate of drug-likeness (QED) is 0.730. The molecule has 6 nitrogen and oxygen atoms in total. The van der Waals surface area contributed by atoms with Crippen molar-refractivity contribution >= 4 is 28.5 Å². The number of hydrogen-bond acceptors (Lipinski definition) is 5. The van der Waals surface area contributed by atoms with E-state index in [2.05, 4.69) is 24.8 Å². The maximum atomic E-state index is 14.2. The lowest BCUT2D eigenvalue weighted by molar-refractivity contribution is 0.122. The number of fused-ring (bicyclic) bond motifs is 1. The molecule has 118 valence electrons. The Morgan fingerprint density at radius 2 is 2.00 bits per heavy atom. The van der Waals surface area contributed by atoms with Gasteiger partial charge in [-0.05, 0) is 6.07 Å². The lowest BCUT2D eigenvalue weighted by Crippen LogP contribution is -2.36. The number of halogens is 2. The van der Waals surface area contributed by atoms with Crippen LogP contribution in [0.4, 0.5) is 10.2 Å². The first-order chi connectivity index (χ1) is 11.2. The Morgan fingerprint density at radius 3 is 2.83 bits per heavy atom. The normalized spacial score (nSPS) is 15.3. The van der Waals surface area contributed by atoms with Gasteiger partial charge in [0.1, 0.15) is 28.8 Å². The molecule has 23 heavy (non-hydrogen) atoms. The molecule has 3 aromatic rings. The Labute approximate surface area is 136 Å². The molecular formula is C15H13ClFN5O. The van der Waals surface area contributed by atoms with Crippen LogP contribution in [-0.4, -0.2) is 46.2 Å². The number of nitrogens with one attached hydrogen (secondary N) is 1. The number of hydrogen-bond donors (Lipinski definition) is 1. The van der Waals surface area contributed by atoms with Gasteiger partial charge in [-0.1, -0.05) is 11.6 Å².